The van der Waals surface area contributed by atoms with Crippen molar-refractivity contribution in [1.29, 1.82) is 0 Å². The van der Waals surface area contributed by atoms with Crippen LogP contribution in [0.4, 0.5) is 13.2 Å². The molecule has 1 unspecified atom stereocenters. The van der Waals surface area contributed by atoms with Gasteiger partial charge in [-0.1, -0.05) is 6.92 Å². The second-order valence-corrected chi connectivity index (χ2v) is 5.42. The van der Waals surface area contributed by atoms with Crippen molar-refractivity contribution in [2.45, 2.75) is 24.8 Å². The molecule has 0 aliphatic carbocycles. The standard InChI is InChI=1S/C8H17F3N2O3S/c1-2-7(5-12)17(14,15)13-3-4-16-6-8(9,10)11/h7,13H,2-6,12H2,1H3. The Labute approximate surface area is 98.6 Å². The fraction of sp³-hybridized carbons (Fsp3) is 1.00. The summed E-state index contributed by atoms with van der Waals surface area (Å²) in [4.78, 5) is 0. The number of hydrogen-bond donors (Lipinski definition) is 2. The smallest absolute Gasteiger partial charge is 0.371 e. The average molecular weight is 278 g/mol. The van der Waals surface area contributed by atoms with E-state index in [4.69, 9.17) is 5.73 Å². The maximum Gasteiger partial charge on any atom is 0.411 e. The van der Waals surface area contributed by atoms with E-state index in [1.54, 1.807) is 6.92 Å². The maximum atomic E-state index is 11.7. The van der Waals surface area contributed by atoms with Gasteiger partial charge in [-0.15, -0.1) is 0 Å². The van der Waals surface area contributed by atoms with E-state index in [9.17, 15) is 21.6 Å². The van der Waals surface area contributed by atoms with Crippen LogP contribution in [0.25, 0.3) is 0 Å². The number of nitrogens with two attached hydrogens (primary N) is 1. The summed E-state index contributed by atoms with van der Waals surface area (Å²) in [6, 6.07) is 0. The highest BCUT2D eigenvalue weighted by Crippen LogP contribution is 2.14. The summed E-state index contributed by atoms with van der Waals surface area (Å²) in [6.07, 6.45) is -4.06. The van der Waals surface area contributed by atoms with Gasteiger partial charge in [0.2, 0.25) is 10.0 Å². The number of ether oxygens (including phenoxy) is 1. The third kappa shape index (κ3) is 7.53. The van der Waals surface area contributed by atoms with Crippen molar-refractivity contribution in [3.63, 3.8) is 0 Å². The molecule has 0 aromatic heterocycles. The molecule has 1 atom stereocenters. The van der Waals surface area contributed by atoms with E-state index in [2.05, 4.69) is 9.46 Å². The van der Waals surface area contributed by atoms with E-state index in [-0.39, 0.29) is 19.7 Å². The number of nitrogens with one attached hydrogen (secondary N) is 1. The van der Waals surface area contributed by atoms with Crippen molar-refractivity contribution in [3.05, 3.63) is 0 Å². The molecule has 0 aromatic carbocycles. The SMILES string of the molecule is CCC(CN)S(=O)(=O)NCCOCC(F)(F)F. The Balaban J connectivity index is 3.89. The van der Waals surface area contributed by atoms with Crippen LogP contribution in [0.2, 0.25) is 0 Å². The molecule has 0 bridgehead atoms. The lowest BCUT2D eigenvalue weighted by Crippen LogP contribution is -2.40. The number of sulfonamides is 1. The first-order valence-electron chi connectivity index (χ1n) is 5.06. The van der Waals surface area contributed by atoms with Crippen LogP contribution in [0.1, 0.15) is 13.3 Å². The Morgan fingerprint density at radius 2 is 2.00 bits per heavy atom. The molecule has 0 saturated heterocycles. The van der Waals surface area contributed by atoms with Crippen LogP contribution < -0.4 is 10.5 Å². The molecule has 0 amide bonds. The van der Waals surface area contributed by atoms with Crippen molar-refractivity contribution in [2.75, 3.05) is 26.3 Å². The molecule has 17 heavy (non-hydrogen) atoms. The number of hydrogen-bond acceptors (Lipinski definition) is 4. The Hall–Kier alpha value is -0.380. The van der Waals surface area contributed by atoms with E-state index in [1.807, 2.05) is 0 Å². The van der Waals surface area contributed by atoms with Crippen LogP contribution in [-0.4, -0.2) is 46.1 Å². The predicted molar refractivity (Wildman–Crippen MR) is 56.9 cm³/mol. The van der Waals surface area contributed by atoms with Crippen LogP contribution in [0.5, 0.6) is 0 Å². The summed E-state index contributed by atoms with van der Waals surface area (Å²) in [7, 11) is -3.57. The second kappa shape index (κ2) is 7.14. The minimum atomic E-state index is -4.40. The lowest BCUT2D eigenvalue weighted by Gasteiger charge is -2.14. The number of alkyl halides is 3. The van der Waals surface area contributed by atoms with E-state index in [0.717, 1.165) is 0 Å². The number of halogens is 3. The molecule has 0 saturated carbocycles. The molecule has 0 rings (SSSR count). The summed E-state index contributed by atoms with van der Waals surface area (Å²) in [5, 5.41) is -0.731. The molecule has 0 heterocycles. The third-order valence-electron chi connectivity index (χ3n) is 1.97. The third-order valence-corrected chi connectivity index (χ3v) is 3.98. The van der Waals surface area contributed by atoms with Crippen LogP contribution >= 0.6 is 0 Å². The van der Waals surface area contributed by atoms with Crippen LogP contribution in [-0.2, 0) is 14.8 Å². The van der Waals surface area contributed by atoms with Crippen molar-refractivity contribution >= 4 is 10.0 Å². The Morgan fingerprint density at radius 1 is 1.41 bits per heavy atom. The molecule has 104 valence electrons. The lowest BCUT2D eigenvalue weighted by molar-refractivity contribution is -0.173. The molecule has 0 aliphatic heterocycles. The quantitative estimate of drug-likeness (QED) is 0.622. The molecule has 0 aromatic rings. The molecule has 3 N–H and O–H groups in total. The second-order valence-electron chi connectivity index (χ2n) is 3.37. The normalized spacial score (nSPS) is 14.9. The first kappa shape index (κ1) is 16.6. The number of rotatable bonds is 8. The van der Waals surface area contributed by atoms with Gasteiger partial charge in [0, 0.05) is 13.1 Å². The van der Waals surface area contributed by atoms with Gasteiger partial charge in [-0.3, -0.25) is 0 Å². The highest BCUT2D eigenvalue weighted by Gasteiger charge is 2.27. The molecular weight excluding hydrogens is 261 g/mol. The largest absolute Gasteiger partial charge is 0.411 e. The summed E-state index contributed by atoms with van der Waals surface area (Å²) in [5.41, 5.74) is 5.26. The van der Waals surface area contributed by atoms with Gasteiger partial charge in [-0.05, 0) is 6.42 Å². The molecule has 0 aliphatic rings. The highest BCUT2D eigenvalue weighted by atomic mass is 32.2. The average Bonchev–Trinajstić information content (AvgIpc) is 2.16. The molecule has 9 heteroatoms. The fourth-order valence-electron chi connectivity index (χ4n) is 1.07. The van der Waals surface area contributed by atoms with Gasteiger partial charge < -0.3 is 10.5 Å². The van der Waals surface area contributed by atoms with Gasteiger partial charge in [0.1, 0.15) is 6.61 Å². The summed E-state index contributed by atoms with van der Waals surface area (Å²) in [5.74, 6) is 0. The fourth-order valence-corrected chi connectivity index (χ4v) is 2.37. The zero-order valence-corrected chi connectivity index (χ0v) is 10.3. The Kier molecular flexibility index (Phi) is 6.98. The van der Waals surface area contributed by atoms with Gasteiger partial charge in [-0.2, -0.15) is 13.2 Å². The van der Waals surface area contributed by atoms with Gasteiger partial charge in [0.25, 0.3) is 0 Å². The van der Waals surface area contributed by atoms with Gasteiger partial charge in [0.15, 0.2) is 0 Å². The summed E-state index contributed by atoms with van der Waals surface area (Å²) >= 11 is 0. The van der Waals surface area contributed by atoms with Gasteiger partial charge in [-0.25, -0.2) is 13.1 Å². The van der Waals surface area contributed by atoms with Crippen molar-refractivity contribution in [1.82, 2.24) is 4.72 Å². The Bertz CT molecular complexity index is 302. The highest BCUT2D eigenvalue weighted by molar-refractivity contribution is 7.90. The summed E-state index contributed by atoms with van der Waals surface area (Å²) < 4.78 is 64.4. The van der Waals surface area contributed by atoms with Crippen molar-refractivity contribution in [3.8, 4) is 0 Å². The van der Waals surface area contributed by atoms with Crippen LogP contribution in [0.3, 0.4) is 0 Å². The maximum absolute atomic E-state index is 11.7. The van der Waals surface area contributed by atoms with Crippen LogP contribution in [0, 0.1) is 0 Å². The van der Waals surface area contributed by atoms with E-state index >= 15 is 0 Å². The first-order valence-corrected chi connectivity index (χ1v) is 6.60. The minimum absolute atomic E-state index is 0.0325. The Morgan fingerprint density at radius 3 is 2.41 bits per heavy atom. The van der Waals surface area contributed by atoms with Gasteiger partial charge >= 0.3 is 6.18 Å². The zero-order chi connectivity index (χ0) is 13.5. The lowest BCUT2D eigenvalue weighted by atomic mass is 10.3. The van der Waals surface area contributed by atoms with E-state index in [1.165, 1.54) is 0 Å². The van der Waals surface area contributed by atoms with Crippen molar-refractivity contribution < 1.29 is 26.3 Å². The molecular formula is C8H17F3N2O3S. The van der Waals surface area contributed by atoms with Crippen molar-refractivity contribution in [2.24, 2.45) is 5.73 Å². The monoisotopic (exact) mass is 278 g/mol. The van der Waals surface area contributed by atoms with Gasteiger partial charge in [0.05, 0.1) is 11.9 Å². The zero-order valence-electron chi connectivity index (χ0n) is 9.46. The molecule has 5 nitrogen and oxygen atoms in total. The topological polar surface area (TPSA) is 81.4 Å². The predicted octanol–water partition coefficient (Wildman–Crippen LogP) is 0.222. The van der Waals surface area contributed by atoms with E-state index in [0.29, 0.717) is 6.42 Å². The first-order chi connectivity index (χ1) is 7.73. The molecule has 0 radical (unpaired) electrons. The minimum Gasteiger partial charge on any atom is -0.371 e. The molecule has 0 spiro atoms. The van der Waals surface area contributed by atoms with E-state index < -0.39 is 28.1 Å². The van der Waals surface area contributed by atoms with Crippen LogP contribution in [0.15, 0.2) is 0 Å². The summed E-state index contributed by atoms with van der Waals surface area (Å²) in [6.45, 7) is -0.288. The molecule has 0 fully saturated rings.